The Morgan fingerprint density at radius 1 is 1.11 bits per heavy atom. The molecule has 4 aromatic rings. The van der Waals surface area contributed by atoms with Crippen LogP contribution in [0, 0.1) is 13.8 Å². The highest BCUT2D eigenvalue weighted by atomic mass is 32.2. The summed E-state index contributed by atoms with van der Waals surface area (Å²) in [5.41, 5.74) is 4.35. The number of aryl methyl sites for hydroxylation is 1. The number of ether oxygens (including phenoxy) is 5. The predicted octanol–water partition coefficient (Wildman–Crippen LogP) is 4.88. The van der Waals surface area contributed by atoms with Gasteiger partial charge in [-0.25, -0.2) is 4.79 Å². The molecule has 4 bridgehead atoms. The Morgan fingerprint density at radius 3 is 2.66 bits per heavy atom. The van der Waals surface area contributed by atoms with E-state index in [9.17, 15) is 15.0 Å². The maximum Gasteiger partial charge on any atom is 0.335 e. The number of thioether (sulfide) groups is 1. The van der Waals surface area contributed by atoms with Crippen molar-refractivity contribution < 1.29 is 47.9 Å². The molecule has 0 saturated carbocycles. The van der Waals surface area contributed by atoms with Crippen molar-refractivity contribution >= 4 is 34.7 Å². The maximum absolute atomic E-state index is 15.0. The summed E-state index contributed by atoms with van der Waals surface area (Å²) < 4.78 is 37.6. The molecule has 9 heterocycles. The monoisotopic (exact) mass is 783 g/mol. The lowest BCUT2D eigenvalue weighted by atomic mass is 9.76. The number of esters is 2. The van der Waals surface area contributed by atoms with Gasteiger partial charge in [-0.1, -0.05) is 24.3 Å². The lowest BCUT2D eigenvalue weighted by molar-refractivity contribution is -0.161. The van der Waals surface area contributed by atoms with Gasteiger partial charge in [0.15, 0.2) is 28.5 Å². The van der Waals surface area contributed by atoms with Gasteiger partial charge in [0.25, 0.3) is 0 Å². The van der Waals surface area contributed by atoms with Crippen LogP contribution in [0.15, 0.2) is 34.7 Å². The first-order chi connectivity index (χ1) is 26.9. The molecule has 2 fully saturated rings. The predicted molar refractivity (Wildman–Crippen MR) is 206 cm³/mol. The number of aromatic hydroxyl groups is 1. The number of aliphatic hydroxyl groups is 1. The van der Waals surface area contributed by atoms with Crippen molar-refractivity contribution in [2.45, 2.75) is 81.0 Å². The number of likely N-dealkylation sites (N-methyl/N-ethyl adjacent to an activating group) is 1. The van der Waals surface area contributed by atoms with E-state index in [1.807, 2.05) is 38.1 Å². The van der Waals surface area contributed by atoms with E-state index in [4.69, 9.17) is 28.1 Å². The van der Waals surface area contributed by atoms with E-state index in [1.54, 1.807) is 18.9 Å². The summed E-state index contributed by atoms with van der Waals surface area (Å²) in [6, 6.07) is 8.09. The Hall–Kier alpha value is -4.47. The van der Waals surface area contributed by atoms with E-state index in [1.165, 1.54) is 6.92 Å². The van der Waals surface area contributed by atoms with E-state index >= 15 is 4.79 Å². The number of rotatable bonds is 3. The van der Waals surface area contributed by atoms with Crippen LogP contribution >= 0.6 is 11.8 Å². The number of nitrogens with one attached hydrogen (secondary N) is 1. The van der Waals surface area contributed by atoms with Crippen molar-refractivity contribution in [3.63, 3.8) is 0 Å². The third kappa shape index (κ3) is 4.76. The number of hydrogen-bond acceptors (Lipinski definition) is 14. The minimum atomic E-state index is -1.47. The van der Waals surface area contributed by atoms with Gasteiger partial charge in [-0.3, -0.25) is 19.9 Å². The number of piperazine rings is 1. The summed E-state index contributed by atoms with van der Waals surface area (Å²) in [6.45, 7) is 7.81. The van der Waals surface area contributed by atoms with Gasteiger partial charge in [0.2, 0.25) is 6.79 Å². The summed E-state index contributed by atoms with van der Waals surface area (Å²) in [4.78, 5) is 32.8. The van der Waals surface area contributed by atoms with Crippen molar-refractivity contribution in [1.82, 2.24) is 15.1 Å². The molecule has 12 rings (SSSR count). The number of para-hydroxylation sites is 1. The fourth-order valence-electron chi connectivity index (χ4n) is 11.1. The maximum atomic E-state index is 15.0. The smallest absolute Gasteiger partial charge is 0.335 e. The first-order valence-electron chi connectivity index (χ1n) is 19.1. The fraction of sp³-hybridized carbons (Fsp3) is 0.476. The molecule has 0 aliphatic carbocycles. The Kier molecular flexibility index (Phi) is 8.02. The molecule has 8 atom stereocenters. The van der Waals surface area contributed by atoms with Gasteiger partial charge in [-0.15, -0.1) is 11.8 Å². The zero-order valence-electron chi connectivity index (χ0n) is 32.2. The molecule has 13 nitrogen and oxygen atoms in total. The van der Waals surface area contributed by atoms with Crippen LogP contribution in [-0.2, 0) is 32.7 Å². The molecule has 3 aromatic carbocycles. The van der Waals surface area contributed by atoms with E-state index in [0.717, 1.165) is 38.8 Å². The Balaban J connectivity index is 1.26. The molecule has 8 aliphatic heterocycles. The molecule has 1 spiro atoms. The number of furan rings is 1. The average Bonchev–Trinajstić information content (AvgIpc) is 3.76. The Morgan fingerprint density at radius 2 is 1.89 bits per heavy atom. The number of phenolic OH excluding ortho intramolecular Hbond substituents is 1. The number of hydrogen-bond donors (Lipinski definition) is 3. The molecule has 0 amide bonds. The van der Waals surface area contributed by atoms with Gasteiger partial charge in [-0.05, 0) is 57.9 Å². The molecule has 2 saturated heterocycles. The molecule has 56 heavy (non-hydrogen) atoms. The van der Waals surface area contributed by atoms with Crippen LogP contribution in [0.1, 0.15) is 75.9 Å². The third-order valence-corrected chi connectivity index (χ3v) is 14.4. The van der Waals surface area contributed by atoms with Crippen molar-refractivity contribution in [3.8, 4) is 28.7 Å². The van der Waals surface area contributed by atoms with Crippen molar-refractivity contribution in [2.75, 3.05) is 46.5 Å². The number of benzene rings is 3. The number of carbonyl (C=O) groups is 2. The highest BCUT2D eigenvalue weighted by molar-refractivity contribution is 7.99. The molecule has 294 valence electrons. The first kappa shape index (κ1) is 35.9. The number of methoxy groups -OCH3 is 1. The standard InChI is InChI=1S/C42H45N3O10S/c1-19-11-22-13-41(4)16-44(5)31(28(22)33(48)34(19)50-6)32-38-30-29(37-36(52-18-53-37)20(2)35(30)54-21(3)47)26(45(32)41)15-51-40(49)42(17-56-38)39-25(12-23(14-46)43-42)24-9-7-8-10-27(24)55-39/h7-11,23,26,31-32,38,43,46,48H,12-18H2,1-6H3/t23-,26-,31?,32+,38+,41?,42+/m0/s1. The summed E-state index contributed by atoms with van der Waals surface area (Å²) in [7, 11) is 3.67. The molecule has 8 aliphatic rings. The van der Waals surface area contributed by atoms with E-state index in [-0.39, 0.29) is 43.6 Å². The second-order valence-electron chi connectivity index (χ2n) is 16.4. The highest BCUT2D eigenvalue weighted by Crippen LogP contribution is 2.65. The molecular formula is C42H45N3O10S. The SMILES string of the molecule is COc1c(C)cc2c(c1O)C1[C@@H]3[C@@H]4SC[C@]5(N[C@H](CO)Cc6c5oc5ccccc65)C(=O)OC[C@@H](c5c6c(c(C)c(OC(C)=O)c54)OCO6)N3C(C)(C2)CN1C. The van der Waals surface area contributed by atoms with Crippen LogP contribution in [0.5, 0.6) is 28.7 Å². The van der Waals surface area contributed by atoms with Crippen molar-refractivity contribution in [3.05, 3.63) is 75.0 Å². The Labute approximate surface area is 328 Å². The topological polar surface area (TPSA) is 152 Å². The summed E-state index contributed by atoms with van der Waals surface area (Å²) >= 11 is 1.55. The van der Waals surface area contributed by atoms with E-state index in [2.05, 4.69) is 35.2 Å². The van der Waals surface area contributed by atoms with Gasteiger partial charge in [-0.2, -0.15) is 0 Å². The van der Waals surface area contributed by atoms with Gasteiger partial charge < -0.3 is 38.3 Å². The van der Waals surface area contributed by atoms with Gasteiger partial charge in [0, 0.05) is 70.0 Å². The van der Waals surface area contributed by atoms with Crippen LogP contribution in [0.4, 0.5) is 0 Å². The molecule has 0 radical (unpaired) electrons. The van der Waals surface area contributed by atoms with Crippen LogP contribution < -0.4 is 24.3 Å². The average molecular weight is 784 g/mol. The van der Waals surface area contributed by atoms with Gasteiger partial charge in [0.05, 0.1) is 31.1 Å². The first-order valence-corrected chi connectivity index (χ1v) is 20.2. The number of aliphatic hydroxyl groups excluding tert-OH is 1. The molecule has 3 unspecified atom stereocenters. The van der Waals surface area contributed by atoms with E-state index in [0.29, 0.717) is 59.3 Å². The molecule has 14 heteroatoms. The lowest BCUT2D eigenvalue weighted by Gasteiger charge is -2.61. The summed E-state index contributed by atoms with van der Waals surface area (Å²) in [5, 5.41) is 26.7. The Bertz CT molecular complexity index is 2360. The molecule has 3 N–H and O–H groups in total. The van der Waals surface area contributed by atoms with Gasteiger partial charge in [0.1, 0.15) is 23.7 Å². The van der Waals surface area contributed by atoms with Gasteiger partial charge >= 0.3 is 11.9 Å². The minimum absolute atomic E-state index is 0.00862. The largest absolute Gasteiger partial charge is 0.504 e. The van der Waals surface area contributed by atoms with Crippen LogP contribution in [0.2, 0.25) is 0 Å². The zero-order chi connectivity index (χ0) is 39.0. The number of nitrogens with zero attached hydrogens (tertiary/aromatic N) is 2. The van der Waals surface area contributed by atoms with E-state index < -0.39 is 40.4 Å². The zero-order valence-corrected chi connectivity index (χ0v) is 33.0. The normalized spacial score (nSPS) is 31.3. The number of carbonyl (C=O) groups excluding carboxylic acids is 2. The second-order valence-corrected chi connectivity index (χ2v) is 17.5. The molecule has 1 aromatic heterocycles. The summed E-state index contributed by atoms with van der Waals surface area (Å²) in [5.74, 6) is 1.64. The minimum Gasteiger partial charge on any atom is -0.504 e. The number of phenols is 1. The quantitative estimate of drug-likeness (QED) is 0.191. The summed E-state index contributed by atoms with van der Waals surface area (Å²) in [6.07, 6.45) is 1.07. The van der Waals surface area contributed by atoms with Crippen molar-refractivity contribution in [2.24, 2.45) is 0 Å². The fourth-order valence-corrected chi connectivity index (χ4v) is 12.7. The van der Waals surface area contributed by atoms with Crippen LogP contribution in [0.3, 0.4) is 0 Å². The number of fused-ring (bicyclic) bond motifs is 8. The second kappa shape index (κ2) is 12.5. The van der Waals surface area contributed by atoms with Crippen molar-refractivity contribution in [1.29, 1.82) is 0 Å². The van der Waals surface area contributed by atoms with Crippen LogP contribution in [0.25, 0.3) is 11.0 Å². The lowest BCUT2D eigenvalue weighted by Crippen LogP contribution is -2.69. The third-order valence-electron chi connectivity index (χ3n) is 13.0. The molecular weight excluding hydrogens is 739 g/mol. The highest BCUT2D eigenvalue weighted by Gasteiger charge is 2.63. The van der Waals surface area contributed by atoms with Crippen LogP contribution in [-0.4, -0.2) is 96.0 Å².